The number of hydrogen-bond donors (Lipinski definition) is 2. The van der Waals surface area contributed by atoms with E-state index in [1.165, 1.54) is 12.1 Å². The summed E-state index contributed by atoms with van der Waals surface area (Å²) >= 11 is 5.47. The highest BCUT2D eigenvalue weighted by molar-refractivity contribution is 7.80. The van der Waals surface area contributed by atoms with E-state index in [2.05, 4.69) is 5.32 Å². The molecule has 0 spiro atoms. The molecule has 3 rings (SSSR count). The van der Waals surface area contributed by atoms with Crippen molar-refractivity contribution in [2.24, 2.45) is 0 Å². The number of anilines is 1. The predicted octanol–water partition coefficient (Wildman–Crippen LogP) is 4.79. The Labute approximate surface area is 166 Å². The predicted molar refractivity (Wildman–Crippen MR) is 105 cm³/mol. The minimum atomic E-state index is -4.42. The maximum absolute atomic E-state index is 13.0. The van der Waals surface area contributed by atoms with Crippen molar-refractivity contribution >= 4 is 23.0 Å². The molecule has 2 N–H and O–H groups in total. The fourth-order valence-electron chi connectivity index (χ4n) is 3.08. The monoisotopic (exact) mass is 410 g/mol. The van der Waals surface area contributed by atoms with E-state index in [1.807, 2.05) is 6.07 Å². The van der Waals surface area contributed by atoms with Crippen LogP contribution in [0.2, 0.25) is 0 Å². The maximum Gasteiger partial charge on any atom is 0.416 e. The van der Waals surface area contributed by atoms with Gasteiger partial charge in [0.25, 0.3) is 0 Å². The molecule has 2 aromatic rings. The first-order chi connectivity index (χ1) is 13.3. The molecule has 1 aliphatic heterocycles. The van der Waals surface area contributed by atoms with Crippen LogP contribution in [0.1, 0.15) is 24.0 Å². The van der Waals surface area contributed by atoms with Crippen molar-refractivity contribution in [2.45, 2.75) is 31.7 Å². The smallest absolute Gasteiger partial charge is 0.416 e. The molecule has 4 nitrogen and oxygen atoms in total. The van der Waals surface area contributed by atoms with Crippen molar-refractivity contribution in [1.82, 2.24) is 4.90 Å². The second kappa shape index (κ2) is 8.79. The number of nitrogens with one attached hydrogen (secondary N) is 1. The Morgan fingerprint density at radius 3 is 2.68 bits per heavy atom. The van der Waals surface area contributed by atoms with Gasteiger partial charge in [0, 0.05) is 30.9 Å². The van der Waals surface area contributed by atoms with Gasteiger partial charge in [-0.25, -0.2) is 0 Å². The summed E-state index contributed by atoms with van der Waals surface area (Å²) in [6, 6.07) is 11.8. The van der Waals surface area contributed by atoms with Gasteiger partial charge in [0.2, 0.25) is 0 Å². The second-order valence-corrected chi connectivity index (χ2v) is 7.04. The summed E-state index contributed by atoms with van der Waals surface area (Å²) in [5.74, 6) is 0.140. The minimum Gasteiger partial charge on any atom is -0.508 e. The van der Waals surface area contributed by atoms with Crippen LogP contribution in [0.25, 0.3) is 0 Å². The molecule has 28 heavy (non-hydrogen) atoms. The number of ether oxygens (including phenoxy) is 1. The molecule has 0 saturated carbocycles. The quantitative estimate of drug-likeness (QED) is 0.694. The Bertz CT molecular complexity index is 823. The number of hydrogen-bond acceptors (Lipinski definition) is 3. The lowest BCUT2D eigenvalue weighted by atomic mass is 10.1. The van der Waals surface area contributed by atoms with Gasteiger partial charge in [0.05, 0.1) is 11.7 Å². The van der Waals surface area contributed by atoms with Crippen molar-refractivity contribution < 1.29 is 23.0 Å². The zero-order valence-corrected chi connectivity index (χ0v) is 15.9. The third-order valence-corrected chi connectivity index (χ3v) is 4.89. The molecule has 0 aromatic heterocycles. The van der Waals surface area contributed by atoms with Gasteiger partial charge >= 0.3 is 6.18 Å². The molecule has 1 fully saturated rings. The number of nitrogens with zero attached hydrogens (tertiary/aromatic N) is 1. The van der Waals surface area contributed by atoms with Crippen molar-refractivity contribution in [3.05, 3.63) is 59.7 Å². The summed E-state index contributed by atoms with van der Waals surface area (Å²) in [4.78, 5) is 1.81. The summed E-state index contributed by atoms with van der Waals surface area (Å²) in [5, 5.41) is 13.2. The second-order valence-electron chi connectivity index (χ2n) is 6.65. The molecule has 0 radical (unpaired) electrons. The van der Waals surface area contributed by atoms with Gasteiger partial charge in [-0.2, -0.15) is 13.2 Å². The topological polar surface area (TPSA) is 44.7 Å². The lowest BCUT2D eigenvalue weighted by Gasteiger charge is -2.28. The van der Waals surface area contributed by atoms with Crippen LogP contribution in [-0.4, -0.2) is 34.4 Å². The first kappa shape index (κ1) is 20.4. The van der Waals surface area contributed by atoms with E-state index in [-0.39, 0.29) is 22.7 Å². The van der Waals surface area contributed by atoms with Crippen molar-refractivity contribution in [1.29, 1.82) is 0 Å². The largest absolute Gasteiger partial charge is 0.508 e. The summed E-state index contributed by atoms with van der Waals surface area (Å²) in [6.45, 7) is 1.49. The number of phenolic OH excluding ortho intramolecular Hbond substituents is 1. The Kier molecular flexibility index (Phi) is 6.41. The summed E-state index contributed by atoms with van der Waals surface area (Å²) in [5.41, 5.74) is 0.190. The molecular weight excluding hydrogens is 389 g/mol. The van der Waals surface area contributed by atoms with Crippen LogP contribution in [0.15, 0.2) is 48.5 Å². The molecule has 1 aliphatic rings. The Morgan fingerprint density at radius 2 is 2.00 bits per heavy atom. The minimum absolute atomic E-state index is 0.00730. The van der Waals surface area contributed by atoms with Crippen molar-refractivity contribution in [3.8, 4) is 5.75 Å². The molecule has 0 amide bonds. The summed E-state index contributed by atoms with van der Waals surface area (Å²) < 4.78 is 44.5. The van der Waals surface area contributed by atoms with E-state index in [1.54, 1.807) is 23.1 Å². The van der Waals surface area contributed by atoms with Crippen LogP contribution in [0, 0.1) is 0 Å². The van der Waals surface area contributed by atoms with Gasteiger partial charge in [0.1, 0.15) is 5.75 Å². The Balaban J connectivity index is 1.77. The molecule has 1 atom stereocenters. The Morgan fingerprint density at radius 1 is 1.21 bits per heavy atom. The van der Waals surface area contributed by atoms with Crippen LogP contribution in [0.5, 0.6) is 5.75 Å². The zero-order chi connectivity index (χ0) is 20.1. The van der Waals surface area contributed by atoms with Gasteiger partial charge in [0.15, 0.2) is 5.11 Å². The highest BCUT2D eigenvalue weighted by atomic mass is 32.1. The molecule has 1 saturated heterocycles. The zero-order valence-electron chi connectivity index (χ0n) is 15.1. The number of benzene rings is 2. The van der Waals surface area contributed by atoms with E-state index >= 15 is 0 Å². The third kappa shape index (κ3) is 5.36. The summed E-state index contributed by atoms with van der Waals surface area (Å²) in [7, 11) is 0. The van der Waals surface area contributed by atoms with Crippen LogP contribution in [-0.2, 0) is 17.5 Å². The molecule has 150 valence electrons. The molecule has 0 bridgehead atoms. The molecule has 0 aliphatic carbocycles. The highest BCUT2D eigenvalue weighted by Crippen LogP contribution is 2.31. The lowest BCUT2D eigenvalue weighted by Crippen LogP contribution is -2.39. The van der Waals surface area contributed by atoms with E-state index in [9.17, 15) is 18.3 Å². The highest BCUT2D eigenvalue weighted by Gasteiger charge is 2.30. The average Bonchev–Trinajstić information content (AvgIpc) is 3.15. The van der Waals surface area contributed by atoms with Gasteiger partial charge < -0.3 is 20.1 Å². The summed E-state index contributed by atoms with van der Waals surface area (Å²) in [6.07, 6.45) is -2.58. The van der Waals surface area contributed by atoms with Crippen LogP contribution in [0.4, 0.5) is 18.9 Å². The SMILES string of the molecule is Oc1ccccc1CN(CC1CCCO1)C(=S)Nc1cccc(C(F)(F)F)c1. The molecule has 2 aromatic carbocycles. The van der Waals surface area contributed by atoms with E-state index in [0.29, 0.717) is 25.3 Å². The number of para-hydroxylation sites is 1. The number of phenols is 1. The van der Waals surface area contributed by atoms with E-state index < -0.39 is 11.7 Å². The van der Waals surface area contributed by atoms with Crippen LogP contribution >= 0.6 is 12.2 Å². The number of rotatable bonds is 5. The maximum atomic E-state index is 13.0. The van der Waals surface area contributed by atoms with E-state index in [4.69, 9.17) is 17.0 Å². The van der Waals surface area contributed by atoms with Gasteiger partial charge in [-0.15, -0.1) is 0 Å². The molecule has 1 unspecified atom stereocenters. The molecule has 8 heteroatoms. The number of halogens is 3. The number of thiocarbonyl (C=S) groups is 1. The van der Waals surface area contributed by atoms with Crippen molar-refractivity contribution in [2.75, 3.05) is 18.5 Å². The van der Waals surface area contributed by atoms with Crippen molar-refractivity contribution in [3.63, 3.8) is 0 Å². The normalized spacial score (nSPS) is 16.8. The first-order valence-corrected chi connectivity index (χ1v) is 9.35. The van der Waals surface area contributed by atoms with Gasteiger partial charge in [-0.1, -0.05) is 24.3 Å². The van der Waals surface area contributed by atoms with Crippen LogP contribution in [0.3, 0.4) is 0 Å². The molecular formula is C20H21F3N2O2S. The lowest BCUT2D eigenvalue weighted by molar-refractivity contribution is -0.137. The average molecular weight is 410 g/mol. The Hall–Kier alpha value is -2.32. The van der Waals surface area contributed by atoms with Gasteiger partial charge in [-0.3, -0.25) is 0 Å². The van der Waals surface area contributed by atoms with E-state index in [0.717, 1.165) is 25.0 Å². The van der Waals surface area contributed by atoms with Crippen LogP contribution < -0.4 is 5.32 Å². The third-order valence-electron chi connectivity index (χ3n) is 4.53. The first-order valence-electron chi connectivity index (χ1n) is 8.94. The molecule has 1 heterocycles. The fourth-order valence-corrected chi connectivity index (χ4v) is 3.34. The standard InChI is InChI=1S/C20H21F3N2O2S/c21-20(22,23)15-6-3-7-16(11-15)24-19(28)25(13-17-8-4-10-27-17)12-14-5-1-2-9-18(14)26/h1-3,5-7,9,11,17,26H,4,8,10,12-13H2,(H,24,28). The fraction of sp³-hybridized carbons (Fsp3) is 0.350. The number of alkyl halides is 3. The number of aromatic hydroxyl groups is 1. The van der Waals surface area contributed by atoms with Gasteiger partial charge in [-0.05, 0) is 49.3 Å².